The summed E-state index contributed by atoms with van der Waals surface area (Å²) in [5.41, 5.74) is 1.44. The molecule has 0 N–H and O–H groups in total. The molecule has 0 fully saturated rings. The van der Waals surface area contributed by atoms with Crippen LogP contribution < -0.4 is 4.46 Å². The Labute approximate surface area is 114 Å². The summed E-state index contributed by atoms with van der Waals surface area (Å²) >= 11 is 0.519. The third-order valence-corrected chi connectivity index (χ3v) is 5.20. The summed E-state index contributed by atoms with van der Waals surface area (Å²) in [5, 5.41) is 3.85. The Bertz CT molecular complexity index is 644. The third kappa shape index (κ3) is 2.64. The first-order valence-electron chi connectivity index (χ1n) is 6.07. The second kappa shape index (κ2) is 5.39. The van der Waals surface area contributed by atoms with Crippen LogP contribution in [0.2, 0.25) is 0 Å². The van der Waals surface area contributed by atoms with E-state index in [4.69, 9.17) is 0 Å². The first kappa shape index (κ1) is 11.5. The Morgan fingerprint density at radius 2 is 1.39 bits per heavy atom. The average Bonchev–Trinajstić information content (AvgIpc) is 2.46. The van der Waals surface area contributed by atoms with E-state index in [-0.39, 0.29) is 0 Å². The summed E-state index contributed by atoms with van der Waals surface area (Å²) in [5.74, 6) is 0. The predicted octanol–water partition coefficient (Wildman–Crippen LogP) is 3.37. The van der Waals surface area contributed by atoms with E-state index in [1.54, 1.807) is 0 Å². The van der Waals surface area contributed by atoms with Gasteiger partial charge in [-0.25, -0.2) is 0 Å². The van der Waals surface area contributed by atoms with Crippen LogP contribution in [-0.4, -0.2) is 15.0 Å². The van der Waals surface area contributed by atoms with Gasteiger partial charge < -0.3 is 0 Å². The van der Waals surface area contributed by atoms with E-state index in [1.165, 1.54) is 26.1 Å². The summed E-state index contributed by atoms with van der Waals surface area (Å²) in [6.45, 7) is 0. The van der Waals surface area contributed by atoms with Gasteiger partial charge in [-0.3, -0.25) is 0 Å². The summed E-state index contributed by atoms with van der Waals surface area (Å²) in [4.78, 5) is 0. The molecular weight excluding hydrogens is 283 g/mol. The number of benzene rings is 3. The number of hydrogen-bond donors (Lipinski definition) is 0. The van der Waals surface area contributed by atoms with Gasteiger partial charge in [0.15, 0.2) is 0 Å². The van der Waals surface area contributed by atoms with Crippen LogP contribution in [-0.2, 0) is 5.32 Å². The molecule has 0 aliphatic heterocycles. The van der Waals surface area contributed by atoms with Crippen molar-refractivity contribution in [2.45, 2.75) is 5.32 Å². The molecule has 0 heterocycles. The molecule has 0 bridgehead atoms. The molecule has 0 radical (unpaired) electrons. The van der Waals surface area contributed by atoms with Crippen molar-refractivity contribution in [2.24, 2.45) is 0 Å². The normalized spacial score (nSPS) is 10.7. The van der Waals surface area contributed by atoms with Crippen LogP contribution in [0.3, 0.4) is 0 Å². The van der Waals surface area contributed by atoms with Crippen molar-refractivity contribution in [1.29, 1.82) is 0 Å². The van der Waals surface area contributed by atoms with Gasteiger partial charge in [-0.2, -0.15) is 0 Å². The fourth-order valence-electron chi connectivity index (χ4n) is 2.00. The van der Waals surface area contributed by atoms with Gasteiger partial charge in [-0.15, -0.1) is 0 Å². The third-order valence-electron chi connectivity index (χ3n) is 2.97. The topological polar surface area (TPSA) is 0 Å². The van der Waals surface area contributed by atoms with Gasteiger partial charge in [-0.05, 0) is 0 Å². The number of hydrogen-bond acceptors (Lipinski definition) is 0. The zero-order valence-corrected chi connectivity index (χ0v) is 11.8. The summed E-state index contributed by atoms with van der Waals surface area (Å²) in [6.07, 6.45) is 0. The molecule has 3 aromatic carbocycles. The molecule has 0 aromatic heterocycles. The fourth-order valence-corrected chi connectivity index (χ4v) is 3.89. The molecule has 0 aliphatic carbocycles. The Hall–Kier alpha value is -1.56. The van der Waals surface area contributed by atoms with Crippen LogP contribution in [0.4, 0.5) is 0 Å². The van der Waals surface area contributed by atoms with Gasteiger partial charge in [0, 0.05) is 0 Å². The summed E-state index contributed by atoms with van der Waals surface area (Å²) in [7, 11) is 0. The van der Waals surface area contributed by atoms with E-state index >= 15 is 0 Å². The first-order valence-corrected chi connectivity index (χ1v) is 8.14. The molecular formula is C17H14Se. The average molecular weight is 297 g/mol. The van der Waals surface area contributed by atoms with Crippen molar-refractivity contribution in [3.05, 3.63) is 78.4 Å². The predicted molar refractivity (Wildman–Crippen MR) is 79.5 cm³/mol. The van der Waals surface area contributed by atoms with E-state index in [9.17, 15) is 0 Å². The van der Waals surface area contributed by atoms with Gasteiger partial charge in [0.05, 0.1) is 0 Å². The summed E-state index contributed by atoms with van der Waals surface area (Å²) in [6, 6.07) is 26.1. The second-order valence-electron chi connectivity index (χ2n) is 4.28. The summed E-state index contributed by atoms with van der Waals surface area (Å²) < 4.78 is 1.48. The molecule has 0 amide bonds. The van der Waals surface area contributed by atoms with Gasteiger partial charge in [0.1, 0.15) is 0 Å². The van der Waals surface area contributed by atoms with E-state index in [0.717, 1.165) is 0 Å². The fraction of sp³-hybridized carbons (Fsp3) is 0.0588. The Balaban J connectivity index is 1.79. The molecule has 0 atom stereocenters. The molecule has 0 spiro atoms. The monoisotopic (exact) mass is 298 g/mol. The van der Waals surface area contributed by atoms with Crippen LogP contribution in [0.25, 0.3) is 10.8 Å². The molecule has 1 heteroatoms. The second-order valence-corrected chi connectivity index (χ2v) is 6.48. The van der Waals surface area contributed by atoms with Gasteiger partial charge in [0.25, 0.3) is 0 Å². The van der Waals surface area contributed by atoms with Crippen molar-refractivity contribution in [2.75, 3.05) is 0 Å². The first-order chi connectivity index (χ1) is 8.92. The van der Waals surface area contributed by atoms with Gasteiger partial charge in [-0.1, -0.05) is 0 Å². The minimum absolute atomic E-state index is 0.519. The number of rotatable bonds is 3. The van der Waals surface area contributed by atoms with Gasteiger partial charge >= 0.3 is 114 Å². The van der Waals surface area contributed by atoms with E-state index < -0.39 is 0 Å². The van der Waals surface area contributed by atoms with Crippen molar-refractivity contribution in [1.82, 2.24) is 0 Å². The molecule has 0 saturated heterocycles. The van der Waals surface area contributed by atoms with Gasteiger partial charge in [0.2, 0.25) is 0 Å². The molecule has 0 unspecified atom stereocenters. The molecule has 0 aliphatic rings. The van der Waals surface area contributed by atoms with Crippen LogP contribution in [0, 0.1) is 0 Å². The minimum atomic E-state index is 0.519. The van der Waals surface area contributed by atoms with Crippen molar-refractivity contribution >= 4 is 30.2 Å². The molecule has 88 valence electrons. The maximum atomic E-state index is 2.33. The van der Waals surface area contributed by atoms with Crippen molar-refractivity contribution in [3.63, 3.8) is 0 Å². The zero-order chi connectivity index (χ0) is 12.2. The standard InChI is InChI=1S/C17H14Se/c1-2-6-14(7-3-1)13-18-17-11-10-15-8-4-5-9-16(15)12-17/h1-12H,13H2. The molecule has 3 rings (SSSR count). The van der Waals surface area contributed by atoms with Crippen molar-refractivity contribution in [3.8, 4) is 0 Å². The zero-order valence-electron chi connectivity index (χ0n) is 10.0. The van der Waals surface area contributed by atoms with E-state index in [2.05, 4.69) is 72.8 Å². The van der Waals surface area contributed by atoms with E-state index in [1.807, 2.05) is 0 Å². The maximum absolute atomic E-state index is 2.33. The molecule has 18 heavy (non-hydrogen) atoms. The van der Waals surface area contributed by atoms with Crippen molar-refractivity contribution < 1.29 is 0 Å². The molecule has 0 nitrogen and oxygen atoms in total. The Morgan fingerprint density at radius 1 is 0.667 bits per heavy atom. The van der Waals surface area contributed by atoms with Crippen LogP contribution in [0.5, 0.6) is 0 Å². The van der Waals surface area contributed by atoms with Crippen LogP contribution in [0.15, 0.2) is 72.8 Å². The Kier molecular flexibility index (Phi) is 3.45. The molecule has 0 saturated carbocycles. The Morgan fingerprint density at radius 3 is 2.22 bits per heavy atom. The van der Waals surface area contributed by atoms with E-state index in [0.29, 0.717) is 15.0 Å². The molecule has 3 aromatic rings. The SMILES string of the molecule is c1ccc(C[Se]c2ccc3ccccc3c2)cc1. The number of fused-ring (bicyclic) bond motifs is 1. The quantitative estimate of drug-likeness (QED) is 0.650. The van der Waals surface area contributed by atoms with Crippen LogP contribution >= 0.6 is 0 Å². The van der Waals surface area contributed by atoms with Crippen LogP contribution in [0.1, 0.15) is 5.56 Å².